The summed E-state index contributed by atoms with van der Waals surface area (Å²) in [4.78, 5) is 39.2. The fraction of sp³-hybridized carbons (Fsp3) is 0.269. The summed E-state index contributed by atoms with van der Waals surface area (Å²) < 4.78 is 0. The topological polar surface area (TPSA) is 113 Å². The maximum Gasteiger partial charge on any atom is 0.265 e. The molecule has 0 bridgehead atoms. The number of nitrogens with one attached hydrogen (secondary N) is 3. The highest BCUT2D eigenvalue weighted by molar-refractivity contribution is 7.17. The summed E-state index contributed by atoms with van der Waals surface area (Å²) in [6.45, 7) is 0.242. The summed E-state index contributed by atoms with van der Waals surface area (Å²) >= 11 is 1.35. The minimum Gasteiger partial charge on any atom is -0.349 e. The molecule has 7 nitrogen and oxygen atoms in total. The number of carbonyl (C=O) groups excluding carboxylic acids is 3. The van der Waals surface area contributed by atoms with E-state index in [0.29, 0.717) is 27.7 Å². The minimum absolute atomic E-state index is 0.0706. The quantitative estimate of drug-likeness (QED) is 0.396. The molecule has 34 heavy (non-hydrogen) atoms. The van der Waals surface area contributed by atoms with E-state index in [1.807, 2.05) is 24.3 Å². The van der Waals surface area contributed by atoms with Crippen molar-refractivity contribution < 1.29 is 14.4 Å². The van der Waals surface area contributed by atoms with Crippen LogP contribution in [-0.2, 0) is 6.54 Å². The maximum atomic E-state index is 13.0. The largest absolute Gasteiger partial charge is 0.349 e. The zero-order valence-electron chi connectivity index (χ0n) is 18.6. The number of anilines is 1. The van der Waals surface area contributed by atoms with Crippen LogP contribution < -0.4 is 21.7 Å². The summed E-state index contributed by atoms with van der Waals surface area (Å²) in [7, 11) is 0. The van der Waals surface area contributed by atoms with Crippen LogP contribution in [0.15, 0.2) is 54.6 Å². The normalized spacial score (nSPS) is 15.0. The Labute approximate surface area is 201 Å². The van der Waals surface area contributed by atoms with E-state index in [-0.39, 0.29) is 30.3 Å². The summed E-state index contributed by atoms with van der Waals surface area (Å²) in [6.07, 6.45) is 4.08. The number of nitrogens with two attached hydrogens (primary N) is 1. The van der Waals surface area contributed by atoms with Crippen molar-refractivity contribution in [3.05, 3.63) is 76.2 Å². The lowest BCUT2D eigenvalue weighted by molar-refractivity contribution is 0.0942. The van der Waals surface area contributed by atoms with Gasteiger partial charge in [-0.3, -0.25) is 14.4 Å². The Bertz CT molecular complexity index is 1260. The molecule has 2 aliphatic rings. The maximum absolute atomic E-state index is 13.0. The average molecular weight is 475 g/mol. The molecule has 1 heterocycles. The third-order valence-electron chi connectivity index (χ3n) is 5.90. The van der Waals surface area contributed by atoms with Gasteiger partial charge >= 0.3 is 0 Å². The first-order chi connectivity index (χ1) is 16.5. The molecule has 0 atom stereocenters. The number of rotatable bonds is 8. The van der Waals surface area contributed by atoms with Gasteiger partial charge in [0.15, 0.2) is 0 Å². The van der Waals surface area contributed by atoms with Crippen LogP contribution in [0.1, 0.15) is 61.6 Å². The number of thiophene rings is 1. The molecule has 0 radical (unpaired) electrons. The highest BCUT2D eigenvalue weighted by atomic mass is 32.1. The van der Waals surface area contributed by atoms with E-state index in [0.717, 1.165) is 41.7 Å². The predicted molar refractivity (Wildman–Crippen MR) is 133 cm³/mol. The van der Waals surface area contributed by atoms with Crippen LogP contribution in [0.25, 0.3) is 10.4 Å². The van der Waals surface area contributed by atoms with Crippen molar-refractivity contribution in [1.82, 2.24) is 10.6 Å². The fourth-order valence-electron chi connectivity index (χ4n) is 3.62. The standard InChI is InChI=1S/C26H26N4O3S/c27-14-18-5-4-17(25(32)29-20-8-9-20)13-21(18)30-26(33)23-11-10-22(34-23)15-2-1-3-16(12-15)24(31)28-19-6-7-19/h1-5,10-13,19-20H,6-9,14,27H2,(H,28,31)(H,29,32)(H,30,33). The molecule has 174 valence electrons. The van der Waals surface area contributed by atoms with Crippen molar-refractivity contribution in [3.63, 3.8) is 0 Å². The van der Waals surface area contributed by atoms with Gasteiger partial charge in [-0.2, -0.15) is 0 Å². The summed E-state index contributed by atoms with van der Waals surface area (Å²) in [5.41, 5.74) is 9.12. The summed E-state index contributed by atoms with van der Waals surface area (Å²) in [6, 6.07) is 16.8. The second-order valence-corrected chi connectivity index (χ2v) is 9.85. The van der Waals surface area contributed by atoms with Gasteiger partial charge in [-0.1, -0.05) is 18.2 Å². The van der Waals surface area contributed by atoms with Gasteiger partial charge < -0.3 is 21.7 Å². The molecule has 0 unspecified atom stereocenters. The van der Waals surface area contributed by atoms with Gasteiger partial charge in [0.1, 0.15) is 0 Å². The van der Waals surface area contributed by atoms with Gasteiger partial charge in [-0.05, 0) is 73.2 Å². The second-order valence-electron chi connectivity index (χ2n) is 8.77. The number of carbonyl (C=O) groups is 3. The summed E-state index contributed by atoms with van der Waals surface area (Å²) in [5, 5.41) is 8.87. The molecule has 0 spiro atoms. The van der Waals surface area contributed by atoms with Crippen LogP contribution in [0.2, 0.25) is 0 Å². The first kappa shape index (κ1) is 22.3. The van der Waals surface area contributed by atoms with Crippen LogP contribution in [0, 0.1) is 0 Å². The van der Waals surface area contributed by atoms with Gasteiger partial charge in [0.25, 0.3) is 17.7 Å². The molecule has 0 saturated heterocycles. The zero-order valence-corrected chi connectivity index (χ0v) is 19.4. The van der Waals surface area contributed by atoms with Crippen LogP contribution in [0.3, 0.4) is 0 Å². The Morgan fingerprint density at radius 2 is 1.50 bits per heavy atom. The van der Waals surface area contributed by atoms with Crippen LogP contribution in [-0.4, -0.2) is 29.8 Å². The van der Waals surface area contributed by atoms with Gasteiger partial charge in [0, 0.05) is 40.3 Å². The van der Waals surface area contributed by atoms with E-state index in [1.165, 1.54) is 11.3 Å². The second kappa shape index (κ2) is 9.40. The SMILES string of the molecule is NCc1ccc(C(=O)NC2CC2)cc1NC(=O)c1ccc(-c2cccc(C(=O)NC3CC3)c2)s1. The molecule has 5 N–H and O–H groups in total. The van der Waals surface area contributed by atoms with Crippen LogP contribution in [0.5, 0.6) is 0 Å². The van der Waals surface area contributed by atoms with Crippen molar-refractivity contribution >= 4 is 34.7 Å². The third-order valence-corrected chi connectivity index (χ3v) is 7.04. The molecule has 2 aromatic carbocycles. The fourth-order valence-corrected chi connectivity index (χ4v) is 4.52. The highest BCUT2D eigenvalue weighted by Crippen LogP contribution is 2.30. The lowest BCUT2D eigenvalue weighted by Gasteiger charge is -2.12. The molecule has 3 amide bonds. The number of benzene rings is 2. The molecule has 3 aromatic rings. The van der Waals surface area contributed by atoms with Crippen LogP contribution >= 0.6 is 11.3 Å². The van der Waals surface area contributed by atoms with Crippen molar-refractivity contribution in [3.8, 4) is 10.4 Å². The first-order valence-electron chi connectivity index (χ1n) is 11.5. The Morgan fingerprint density at radius 3 is 2.15 bits per heavy atom. The van der Waals surface area contributed by atoms with E-state index in [9.17, 15) is 14.4 Å². The van der Waals surface area contributed by atoms with Crippen LogP contribution in [0.4, 0.5) is 5.69 Å². The van der Waals surface area contributed by atoms with Crippen molar-refractivity contribution in [2.45, 2.75) is 44.3 Å². The van der Waals surface area contributed by atoms with E-state index in [1.54, 1.807) is 30.3 Å². The molecule has 2 fully saturated rings. The first-order valence-corrected chi connectivity index (χ1v) is 12.3. The number of hydrogen-bond acceptors (Lipinski definition) is 5. The zero-order chi connectivity index (χ0) is 23.7. The van der Waals surface area contributed by atoms with Gasteiger partial charge in [-0.15, -0.1) is 11.3 Å². The van der Waals surface area contributed by atoms with Crippen molar-refractivity contribution in [2.24, 2.45) is 5.73 Å². The highest BCUT2D eigenvalue weighted by Gasteiger charge is 2.25. The monoisotopic (exact) mass is 474 g/mol. The molecule has 2 aliphatic carbocycles. The Balaban J connectivity index is 1.31. The molecular formula is C26H26N4O3S. The molecule has 0 aliphatic heterocycles. The van der Waals surface area contributed by atoms with Gasteiger partial charge in [-0.25, -0.2) is 0 Å². The Hall–Kier alpha value is -3.49. The average Bonchev–Trinajstić information content (AvgIpc) is 3.78. The lowest BCUT2D eigenvalue weighted by Crippen LogP contribution is -2.25. The molecule has 8 heteroatoms. The minimum atomic E-state index is -0.270. The third kappa shape index (κ3) is 5.18. The molecule has 5 rings (SSSR count). The van der Waals surface area contributed by atoms with Gasteiger partial charge in [0.05, 0.1) is 4.88 Å². The predicted octanol–water partition coefficient (Wildman–Crippen LogP) is 3.91. The Morgan fingerprint density at radius 1 is 0.824 bits per heavy atom. The van der Waals surface area contributed by atoms with E-state index < -0.39 is 0 Å². The number of hydrogen-bond donors (Lipinski definition) is 4. The van der Waals surface area contributed by atoms with E-state index in [4.69, 9.17) is 5.73 Å². The molecular weight excluding hydrogens is 448 g/mol. The number of amides is 3. The lowest BCUT2D eigenvalue weighted by atomic mass is 10.1. The van der Waals surface area contributed by atoms with E-state index in [2.05, 4.69) is 16.0 Å². The van der Waals surface area contributed by atoms with Crippen molar-refractivity contribution in [1.29, 1.82) is 0 Å². The van der Waals surface area contributed by atoms with E-state index >= 15 is 0 Å². The van der Waals surface area contributed by atoms with Crippen molar-refractivity contribution in [2.75, 3.05) is 5.32 Å². The molecule has 1 aromatic heterocycles. The van der Waals surface area contributed by atoms with Gasteiger partial charge in [0.2, 0.25) is 0 Å². The molecule has 2 saturated carbocycles. The smallest absolute Gasteiger partial charge is 0.265 e. The Kier molecular flexibility index (Phi) is 6.17. The summed E-state index contributed by atoms with van der Waals surface area (Å²) in [5.74, 6) is -0.488.